The van der Waals surface area contributed by atoms with Crippen LogP contribution < -0.4 is 10.6 Å². The first kappa shape index (κ1) is 23.0. The van der Waals surface area contributed by atoms with E-state index in [0.29, 0.717) is 0 Å². The molecule has 0 spiro atoms. The molecule has 2 N–H and O–H groups in total. The number of fused-ring (bicyclic) bond motifs is 1. The second-order valence-electron chi connectivity index (χ2n) is 8.45. The maximum Gasteiger partial charge on any atom is 0.329 e. The predicted octanol–water partition coefficient (Wildman–Crippen LogP) is 4.31. The molecule has 5 rings (SSSR count). The number of hydrogen-bond donors (Lipinski definition) is 2. The zero-order valence-electron chi connectivity index (χ0n) is 19.6. The molecule has 8 nitrogen and oxygen atoms in total. The normalized spacial score (nSPS) is 14.5. The van der Waals surface area contributed by atoms with Crippen LogP contribution in [0.4, 0.5) is 14.9 Å². The van der Waals surface area contributed by atoms with Crippen molar-refractivity contribution in [2.24, 2.45) is 0 Å². The fraction of sp³-hybridized carbons (Fsp3) is 0.111. The second kappa shape index (κ2) is 9.10. The van der Waals surface area contributed by atoms with Crippen LogP contribution in [0, 0.1) is 19.7 Å². The van der Waals surface area contributed by atoms with Crippen LogP contribution in [0.25, 0.3) is 22.7 Å². The maximum absolute atomic E-state index is 13.8. The average molecular weight is 484 g/mol. The van der Waals surface area contributed by atoms with Gasteiger partial charge in [0.1, 0.15) is 18.1 Å². The third-order valence-electron chi connectivity index (χ3n) is 6.03. The Morgan fingerprint density at radius 2 is 1.89 bits per heavy atom. The van der Waals surface area contributed by atoms with Gasteiger partial charge < -0.3 is 15.2 Å². The minimum absolute atomic E-state index is 0.0257. The third-order valence-corrected chi connectivity index (χ3v) is 6.03. The summed E-state index contributed by atoms with van der Waals surface area (Å²) in [6.07, 6.45) is 3.34. The number of benzene rings is 2. The van der Waals surface area contributed by atoms with Crippen molar-refractivity contribution < 1.29 is 18.8 Å². The Kier molecular flexibility index (Phi) is 5.81. The summed E-state index contributed by atoms with van der Waals surface area (Å²) in [5.74, 6) is -1.93. The van der Waals surface area contributed by atoms with Gasteiger partial charge in [0.05, 0.1) is 11.2 Å². The molecule has 1 fully saturated rings. The highest BCUT2D eigenvalue weighted by Gasteiger charge is 2.35. The Hall–Kier alpha value is -4.79. The van der Waals surface area contributed by atoms with E-state index in [0.717, 1.165) is 38.4 Å². The molecule has 3 heterocycles. The van der Waals surface area contributed by atoms with Gasteiger partial charge in [0, 0.05) is 28.7 Å². The van der Waals surface area contributed by atoms with Crippen LogP contribution in [0.5, 0.6) is 0 Å². The zero-order valence-corrected chi connectivity index (χ0v) is 19.6. The summed E-state index contributed by atoms with van der Waals surface area (Å²) >= 11 is 0. The molecule has 0 radical (unpaired) electrons. The van der Waals surface area contributed by atoms with Crippen molar-refractivity contribution in [2.75, 3.05) is 11.9 Å². The van der Waals surface area contributed by atoms with E-state index < -0.39 is 30.2 Å². The average Bonchev–Trinajstić information content (AvgIpc) is 3.29. The van der Waals surface area contributed by atoms with Crippen molar-refractivity contribution in [3.05, 3.63) is 95.3 Å². The van der Waals surface area contributed by atoms with E-state index in [4.69, 9.17) is 0 Å². The van der Waals surface area contributed by atoms with Crippen molar-refractivity contribution in [3.8, 4) is 5.69 Å². The van der Waals surface area contributed by atoms with Crippen LogP contribution in [-0.4, -0.2) is 38.8 Å². The molecule has 9 heteroatoms. The highest BCUT2D eigenvalue weighted by molar-refractivity contribution is 6.16. The lowest BCUT2D eigenvalue weighted by Crippen LogP contribution is -2.38. The van der Waals surface area contributed by atoms with E-state index in [-0.39, 0.29) is 11.4 Å². The molecule has 36 heavy (non-hydrogen) atoms. The van der Waals surface area contributed by atoms with Crippen molar-refractivity contribution in [1.29, 1.82) is 0 Å². The topological polar surface area (TPSA) is 96.3 Å². The van der Waals surface area contributed by atoms with Crippen LogP contribution in [0.3, 0.4) is 0 Å². The number of para-hydroxylation sites is 1. The summed E-state index contributed by atoms with van der Waals surface area (Å²) in [6, 6.07) is 16.7. The first-order valence-electron chi connectivity index (χ1n) is 11.2. The first-order chi connectivity index (χ1) is 17.3. The van der Waals surface area contributed by atoms with Crippen molar-refractivity contribution in [3.63, 3.8) is 0 Å². The fourth-order valence-corrected chi connectivity index (χ4v) is 4.30. The lowest BCUT2D eigenvalue weighted by Gasteiger charge is -2.12. The van der Waals surface area contributed by atoms with Crippen LogP contribution in [0.2, 0.25) is 0 Å². The number of nitrogens with one attached hydrogen (secondary N) is 2. The van der Waals surface area contributed by atoms with Gasteiger partial charge in [-0.3, -0.25) is 14.6 Å². The Labute approximate surface area is 206 Å². The number of nitrogens with zero attached hydrogens (tertiary/aromatic N) is 3. The van der Waals surface area contributed by atoms with E-state index in [1.54, 1.807) is 18.3 Å². The number of aromatic nitrogens is 2. The van der Waals surface area contributed by atoms with Gasteiger partial charge in [0.2, 0.25) is 5.91 Å². The van der Waals surface area contributed by atoms with E-state index >= 15 is 0 Å². The number of halogens is 1. The number of carbonyl (C=O) groups is 3. The monoisotopic (exact) mass is 483 g/mol. The molecule has 2 aromatic carbocycles. The molecule has 1 saturated heterocycles. The summed E-state index contributed by atoms with van der Waals surface area (Å²) in [5, 5.41) is 5.91. The molecule has 1 aliphatic rings. The summed E-state index contributed by atoms with van der Waals surface area (Å²) in [4.78, 5) is 42.8. The Balaban J connectivity index is 1.38. The number of urea groups is 1. The number of imide groups is 1. The molecule has 4 amide bonds. The minimum atomic E-state index is -0.717. The quantitative estimate of drug-likeness (QED) is 0.327. The second-order valence-corrected chi connectivity index (χ2v) is 8.45. The fourth-order valence-electron chi connectivity index (χ4n) is 4.30. The number of hydrogen-bond acceptors (Lipinski definition) is 4. The van der Waals surface area contributed by atoms with E-state index in [1.807, 2.05) is 50.2 Å². The van der Waals surface area contributed by atoms with E-state index in [9.17, 15) is 18.8 Å². The van der Waals surface area contributed by atoms with Crippen LogP contribution in [0.15, 0.2) is 72.6 Å². The number of rotatable bonds is 5. The maximum atomic E-state index is 13.8. The van der Waals surface area contributed by atoms with Gasteiger partial charge in [0.25, 0.3) is 5.91 Å². The van der Waals surface area contributed by atoms with E-state index in [1.165, 1.54) is 18.2 Å². The van der Waals surface area contributed by atoms with Gasteiger partial charge in [-0.15, -0.1) is 0 Å². The Morgan fingerprint density at radius 1 is 1.08 bits per heavy atom. The van der Waals surface area contributed by atoms with Crippen molar-refractivity contribution in [2.45, 2.75) is 13.8 Å². The summed E-state index contributed by atoms with van der Waals surface area (Å²) in [7, 11) is 0. The third kappa shape index (κ3) is 4.22. The molecule has 0 atom stereocenters. The number of amides is 4. The minimum Gasteiger partial charge on any atom is -0.322 e. The van der Waals surface area contributed by atoms with Crippen molar-refractivity contribution in [1.82, 2.24) is 19.8 Å². The molecule has 4 aromatic rings. The van der Waals surface area contributed by atoms with Gasteiger partial charge in [-0.25, -0.2) is 14.1 Å². The molecule has 0 aliphatic carbocycles. The largest absolute Gasteiger partial charge is 0.329 e. The molecule has 0 bridgehead atoms. The van der Waals surface area contributed by atoms with Crippen LogP contribution >= 0.6 is 0 Å². The lowest BCUT2D eigenvalue weighted by molar-refractivity contribution is -0.127. The van der Waals surface area contributed by atoms with Gasteiger partial charge in [-0.05, 0) is 68.0 Å². The van der Waals surface area contributed by atoms with Gasteiger partial charge >= 0.3 is 6.03 Å². The molecular weight excluding hydrogens is 461 g/mol. The highest BCUT2D eigenvalue weighted by Crippen LogP contribution is 2.26. The Morgan fingerprint density at radius 3 is 2.69 bits per heavy atom. The Bertz CT molecular complexity index is 1570. The predicted molar refractivity (Wildman–Crippen MR) is 134 cm³/mol. The lowest BCUT2D eigenvalue weighted by atomic mass is 10.2. The van der Waals surface area contributed by atoms with Crippen LogP contribution in [-0.2, 0) is 9.59 Å². The molecule has 0 saturated carbocycles. The molecule has 1 aliphatic heterocycles. The SMILES string of the molecule is Cc1cc(/C=C2/NC(=O)N(CC(=O)Nc3ccccc3F)C2=O)c(C)n1-c1ccc2ncccc2c1. The van der Waals surface area contributed by atoms with Gasteiger partial charge in [0.15, 0.2) is 0 Å². The van der Waals surface area contributed by atoms with Crippen LogP contribution in [0.1, 0.15) is 17.0 Å². The summed E-state index contributed by atoms with van der Waals surface area (Å²) in [5.41, 5.74) is 4.44. The summed E-state index contributed by atoms with van der Waals surface area (Å²) < 4.78 is 15.9. The molecule has 0 unspecified atom stereocenters. The van der Waals surface area contributed by atoms with Gasteiger partial charge in [-0.1, -0.05) is 18.2 Å². The molecule has 2 aromatic heterocycles. The highest BCUT2D eigenvalue weighted by atomic mass is 19.1. The van der Waals surface area contributed by atoms with E-state index in [2.05, 4.69) is 20.2 Å². The summed E-state index contributed by atoms with van der Waals surface area (Å²) in [6.45, 7) is 3.34. The number of carbonyl (C=O) groups excluding carboxylic acids is 3. The standard InChI is InChI=1S/C27H22FN5O3/c1-16-12-19(17(2)33(16)20-9-10-22-18(13-20)6-5-11-29-22)14-24-26(35)32(27(36)31-24)15-25(34)30-23-8-4-3-7-21(23)28/h3-14H,15H2,1-2H3,(H,30,34)(H,31,36)/b24-14+. The number of anilines is 1. The zero-order chi connectivity index (χ0) is 25.4. The first-order valence-corrected chi connectivity index (χ1v) is 11.2. The molecule has 180 valence electrons. The number of aryl methyl sites for hydroxylation is 1. The van der Waals surface area contributed by atoms with Gasteiger partial charge in [-0.2, -0.15) is 0 Å². The number of pyridine rings is 1. The smallest absolute Gasteiger partial charge is 0.322 e. The molecular formula is C27H22FN5O3. The van der Waals surface area contributed by atoms with Crippen molar-refractivity contribution >= 4 is 40.5 Å².